The molecule has 0 saturated heterocycles. The summed E-state index contributed by atoms with van der Waals surface area (Å²) in [6, 6.07) is 2.07. The van der Waals surface area contributed by atoms with Crippen molar-refractivity contribution in [2.75, 3.05) is 5.32 Å². The molecule has 1 aliphatic rings. The summed E-state index contributed by atoms with van der Waals surface area (Å²) in [5.74, 6) is 0.723. The second kappa shape index (κ2) is 4.62. The van der Waals surface area contributed by atoms with Crippen LogP contribution >= 0.6 is 12.2 Å². The molecule has 2 heterocycles. The normalized spacial score (nSPS) is 13.3. The second-order valence-electron chi connectivity index (χ2n) is 4.74. The number of nitrogens with one attached hydrogen (secondary N) is 1. The Morgan fingerprint density at radius 3 is 3.00 bits per heavy atom. The lowest BCUT2D eigenvalue weighted by atomic mass is 10.1. The van der Waals surface area contributed by atoms with E-state index in [1.54, 1.807) is 10.9 Å². The topological polar surface area (TPSA) is 68.8 Å². The quantitative estimate of drug-likeness (QED) is 0.833. The molecule has 2 aromatic rings. The number of thiocarbonyl (C=S) groups is 1. The minimum atomic E-state index is 0.369. The number of hydrogen-bond acceptors (Lipinski definition) is 4. The van der Waals surface area contributed by atoms with Gasteiger partial charge in [0.1, 0.15) is 10.8 Å². The number of pyridine rings is 1. The van der Waals surface area contributed by atoms with Gasteiger partial charge in [0, 0.05) is 18.9 Å². The molecule has 0 saturated carbocycles. The Morgan fingerprint density at radius 2 is 2.32 bits per heavy atom. The van der Waals surface area contributed by atoms with E-state index in [1.165, 1.54) is 5.56 Å². The molecule has 0 spiro atoms. The predicted octanol–water partition coefficient (Wildman–Crippen LogP) is 1.68. The van der Waals surface area contributed by atoms with Gasteiger partial charge in [-0.05, 0) is 30.9 Å². The maximum Gasteiger partial charge on any atom is 0.141 e. The third kappa shape index (κ3) is 2.31. The average molecular weight is 273 g/mol. The molecule has 19 heavy (non-hydrogen) atoms. The van der Waals surface area contributed by atoms with Crippen LogP contribution < -0.4 is 11.1 Å². The van der Waals surface area contributed by atoms with Crippen molar-refractivity contribution in [3.63, 3.8) is 0 Å². The molecule has 0 bridgehead atoms. The average Bonchev–Trinajstić information content (AvgIpc) is 2.96. The van der Waals surface area contributed by atoms with Gasteiger partial charge >= 0.3 is 0 Å². The van der Waals surface area contributed by atoms with Crippen molar-refractivity contribution in [2.24, 2.45) is 12.8 Å². The molecule has 1 aliphatic carbocycles. The van der Waals surface area contributed by atoms with E-state index >= 15 is 0 Å². The summed E-state index contributed by atoms with van der Waals surface area (Å²) in [7, 11) is 1.87. The third-order valence-electron chi connectivity index (χ3n) is 3.28. The van der Waals surface area contributed by atoms with Crippen LogP contribution in [0.25, 0.3) is 0 Å². The fourth-order valence-corrected chi connectivity index (χ4v) is 2.53. The smallest absolute Gasteiger partial charge is 0.141 e. The van der Waals surface area contributed by atoms with Crippen molar-refractivity contribution < 1.29 is 0 Å². The lowest BCUT2D eigenvalue weighted by molar-refractivity contribution is 0.768. The van der Waals surface area contributed by atoms with Crippen LogP contribution in [-0.2, 0) is 19.9 Å². The second-order valence-corrected chi connectivity index (χ2v) is 5.18. The Bertz CT molecular complexity index is 646. The molecule has 0 unspecified atom stereocenters. The summed E-state index contributed by atoms with van der Waals surface area (Å²) < 4.78 is 1.73. The minimum absolute atomic E-state index is 0.369. The maximum absolute atomic E-state index is 5.80. The highest BCUT2D eigenvalue weighted by Crippen LogP contribution is 2.27. The third-order valence-corrected chi connectivity index (χ3v) is 3.50. The van der Waals surface area contributed by atoms with Crippen molar-refractivity contribution in [1.29, 1.82) is 0 Å². The Morgan fingerprint density at radius 1 is 1.47 bits per heavy atom. The van der Waals surface area contributed by atoms with Gasteiger partial charge in [-0.15, -0.1) is 0 Å². The lowest BCUT2D eigenvalue weighted by Crippen LogP contribution is -2.14. The van der Waals surface area contributed by atoms with Crippen LogP contribution in [-0.4, -0.2) is 19.8 Å². The van der Waals surface area contributed by atoms with Gasteiger partial charge in [-0.25, -0.2) is 4.98 Å². The van der Waals surface area contributed by atoms with E-state index in [4.69, 9.17) is 18.0 Å². The van der Waals surface area contributed by atoms with Crippen LogP contribution in [0.1, 0.15) is 23.2 Å². The molecule has 98 valence electrons. The van der Waals surface area contributed by atoms with Crippen LogP contribution in [0, 0.1) is 0 Å². The molecule has 0 amide bonds. The molecule has 3 N–H and O–H groups in total. The molecule has 2 aromatic heterocycles. The first-order valence-electron chi connectivity index (χ1n) is 6.22. The molecule has 3 rings (SSSR count). The lowest BCUT2D eigenvalue weighted by Gasteiger charge is -2.11. The molecular weight excluding hydrogens is 258 g/mol. The van der Waals surface area contributed by atoms with Crippen molar-refractivity contribution in [2.45, 2.75) is 19.3 Å². The number of nitrogens with two attached hydrogens (primary N) is 1. The van der Waals surface area contributed by atoms with E-state index in [9.17, 15) is 0 Å². The van der Waals surface area contributed by atoms with E-state index in [1.807, 2.05) is 13.2 Å². The fourth-order valence-electron chi connectivity index (χ4n) is 2.38. The first-order valence-corrected chi connectivity index (χ1v) is 6.62. The van der Waals surface area contributed by atoms with Gasteiger partial charge in [-0.3, -0.25) is 4.68 Å². The first-order chi connectivity index (χ1) is 9.13. The number of hydrogen-bond donors (Lipinski definition) is 2. The summed E-state index contributed by atoms with van der Waals surface area (Å²) in [6.07, 6.45) is 6.87. The van der Waals surface area contributed by atoms with Crippen molar-refractivity contribution in [3.05, 3.63) is 35.3 Å². The van der Waals surface area contributed by atoms with Gasteiger partial charge in [0.25, 0.3) is 0 Å². The maximum atomic E-state index is 5.80. The molecule has 0 radical (unpaired) electrons. The SMILES string of the molecule is Cn1cc(Nc2nc3c(cc2C(N)=S)CCC3)cn1. The molecule has 5 nitrogen and oxygen atoms in total. The van der Waals surface area contributed by atoms with Gasteiger partial charge in [-0.2, -0.15) is 5.10 Å². The van der Waals surface area contributed by atoms with Crippen LogP contribution in [0.4, 0.5) is 11.5 Å². The largest absolute Gasteiger partial charge is 0.389 e. The van der Waals surface area contributed by atoms with Gasteiger partial charge in [0.2, 0.25) is 0 Å². The summed E-state index contributed by atoms with van der Waals surface area (Å²) in [5.41, 5.74) is 9.89. The number of aryl methyl sites for hydroxylation is 3. The van der Waals surface area contributed by atoms with Crippen LogP contribution in [0.2, 0.25) is 0 Å². The Hall–Kier alpha value is -1.95. The van der Waals surface area contributed by atoms with Gasteiger partial charge in [0.15, 0.2) is 0 Å². The number of rotatable bonds is 3. The molecule has 0 aromatic carbocycles. The molecular formula is C13H15N5S. The summed E-state index contributed by atoms with van der Waals surface area (Å²) in [6.45, 7) is 0. The van der Waals surface area contributed by atoms with E-state index in [2.05, 4.69) is 21.5 Å². The van der Waals surface area contributed by atoms with Crippen LogP contribution in [0.3, 0.4) is 0 Å². The number of aromatic nitrogens is 3. The van der Waals surface area contributed by atoms with Crippen molar-refractivity contribution >= 4 is 28.7 Å². The van der Waals surface area contributed by atoms with Gasteiger partial charge in [0.05, 0.1) is 17.4 Å². The van der Waals surface area contributed by atoms with E-state index in [0.29, 0.717) is 4.99 Å². The van der Waals surface area contributed by atoms with Gasteiger partial charge in [-0.1, -0.05) is 12.2 Å². The Balaban J connectivity index is 2.01. The summed E-state index contributed by atoms with van der Waals surface area (Å²) in [5, 5.41) is 7.36. The van der Waals surface area contributed by atoms with E-state index in [-0.39, 0.29) is 0 Å². The monoisotopic (exact) mass is 273 g/mol. The Kier molecular flexibility index (Phi) is 2.94. The number of anilines is 2. The highest BCUT2D eigenvalue weighted by molar-refractivity contribution is 7.80. The van der Waals surface area contributed by atoms with Crippen LogP contribution in [0.15, 0.2) is 18.5 Å². The zero-order chi connectivity index (χ0) is 13.4. The highest BCUT2D eigenvalue weighted by atomic mass is 32.1. The zero-order valence-electron chi connectivity index (χ0n) is 10.7. The zero-order valence-corrected chi connectivity index (χ0v) is 11.5. The van der Waals surface area contributed by atoms with E-state index < -0.39 is 0 Å². The number of fused-ring (bicyclic) bond motifs is 1. The molecule has 0 aliphatic heterocycles. The predicted molar refractivity (Wildman–Crippen MR) is 78.6 cm³/mol. The van der Waals surface area contributed by atoms with E-state index in [0.717, 1.165) is 42.0 Å². The molecule has 0 fully saturated rings. The standard InChI is InChI=1S/C13H15N5S/c1-18-7-9(6-15-18)16-13-10(12(14)19)5-8-3-2-4-11(8)17-13/h5-7H,2-4H2,1H3,(H2,14,19)(H,16,17). The summed E-state index contributed by atoms with van der Waals surface area (Å²) >= 11 is 5.12. The van der Waals surface area contributed by atoms with Crippen molar-refractivity contribution in [1.82, 2.24) is 14.8 Å². The molecule has 6 heteroatoms. The van der Waals surface area contributed by atoms with Crippen LogP contribution in [0.5, 0.6) is 0 Å². The minimum Gasteiger partial charge on any atom is -0.389 e. The number of nitrogens with zero attached hydrogens (tertiary/aromatic N) is 3. The summed E-state index contributed by atoms with van der Waals surface area (Å²) in [4.78, 5) is 5.03. The Labute approximate surface area is 116 Å². The highest BCUT2D eigenvalue weighted by Gasteiger charge is 2.17. The van der Waals surface area contributed by atoms with Gasteiger partial charge < -0.3 is 11.1 Å². The molecule has 0 atom stereocenters. The van der Waals surface area contributed by atoms with Crippen molar-refractivity contribution in [3.8, 4) is 0 Å². The fraction of sp³-hybridized carbons (Fsp3) is 0.308. The first kappa shape index (κ1) is 12.1.